The third-order valence-corrected chi connectivity index (χ3v) is 3.71. The number of anilines is 1. The Balaban J connectivity index is 2.29. The zero-order valence-electron chi connectivity index (χ0n) is 11.2. The van der Waals surface area contributed by atoms with E-state index in [9.17, 15) is 9.90 Å². The number of terminal acetylenes is 1. The van der Waals surface area contributed by atoms with Crippen molar-refractivity contribution in [3.63, 3.8) is 0 Å². The molecule has 5 nitrogen and oxygen atoms in total. The molecule has 0 aliphatic rings. The van der Waals surface area contributed by atoms with Crippen LogP contribution in [0.3, 0.4) is 0 Å². The molecule has 1 atom stereocenters. The van der Waals surface area contributed by atoms with Crippen LogP contribution in [0.25, 0.3) is 0 Å². The number of aromatic nitrogens is 2. The molecule has 2 aromatic rings. The first-order valence-corrected chi connectivity index (χ1v) is 7.08. The van der Waals surface area contributed by atoms with E-state index in [4.69, 9.17) is 6.42 Å². The third kappa shape index (κ3) is 3.51. The zero-order valence-corrected chi connectivity index (χ0v) is 12.7. The molecular weight excluding hydrogens is 334 g/mol. The predicted octanol–water partition coefficient (Wildman–Crippen LogP) is 1.78. The van der Waals surface area contributed by atoms with Gasteiger partial charge in [0.05, 0.1) is 24.5 Å². The maximum Gasteiger partial charge on any atom is 0.284 e. The summed E-state index contributed by atoms with van der Waals surface area (Å²) in [5.41, 5.74) is 1.11. The lowest BCUT2D eigenvalue weighted by Gasteiger charge is -2.18. The molecule has 0 aliphatic carbocycles. The molecule has 2 N–H and O–H groups in total. The van der Waals surface area contributed by atoms with Crippen molar-refractivity contribution in [1.82, 2.24) is 9.78 Å². The summed E-state index contributed by atoms with van der Waals surface area (Å²) in [4.78, 5) is 12.0. The van der Waals surface area contributed by atoms with Crippen LogP contribution in [-0.2, 0) is 6.54 Å². The second-order valence-corrected chi connectivity index (χ2v) is 5.12. The van der Waals surface area contributed by atoms with Gasteiger partial charge in [0.1, 0.15) is 11.0 Å². The number of benzene rings is 1. The van der Waals surface area contributed by atoms with Crippen molar-refractivity contribution in [2.24, 2.45) is 0 Å². The summed E-state index contributed by atoms with van der Waals surface area (Å²) >= 11 is 3.25. The monoisotopic (exact) mass is 347 g/mol. The highest BCUT2D eigenvalue weighted by Crippen LogP contribution is 2.23. The minimum atomic E-state index is -0.327. The van der Waals surface area contributed by atoms with E-state index in [1.807, 2.05) is 30.3 Å². The van der Waals surface area contributed by atoms with E-state index < -0.39 is 0 Å². The Bertz CT molecular complexity index is 707. The van der Waals surface area contributed by atoms with Crippen molar-refractivity contribution in [3.8, 4) is 12.3 Å². The smallest absolute Gasteiger partial charge is 0.284 e. The van der Waals surface area contributed by atoms with Gasteiger partial charge in [-0.3, -0.25) is 4.79 Å². The van der Waals surface area contributed by atoms with Gasteiger partial charge in [-0.1, -0.05) is 36.3 Å². The molecule has 0 spiro atoms. The number of aliphatic hydroxyl groups excluding tert-OH is 1. The summed E-state index contributed by atoms with van der Waals surface area (Å²) in [6.07, 6.45) is 6.69. The fraction of sp³-hybridized carbons (Fsp3) is 0.200. The second kappa shape index (κ2) is 7.07. The maximum atomic E-state index is 12.0. The van der Waals surface area contributed by atoms with Gasteiger partial charge in [-0.05, 0) is 21.5 Å². The van der Waals surface area contributed by atoms with E-state index >= 15 is 0 Å². The van der Waals surface area contributed by atoms with E-state index in [1.165, 1.54) is 10.9 Å². The fourth-order valence-electron chi connectivity index (χ4n) is 1.87. The average Bonchev–Trinajstić information content (AvgIpc) is 2.52. The molecule has 0 amide bonds. The number of hydrogen-bond donors (Lipinski definition) is 2. The number of aliphatic hydroxyl groups is 1. The van der Waals surface area contributed by atoms with Crippen molar-refractivity contribution in [2.75, 3.05) is 11.9 Å². The molecule has 1 unspecified atom stereocenters. The molecule has 1 aromatic carbocycles. The van der Waals surface area contributed by atoms with Crippen LogP contribution in [-0.4, -0.2) is 21.5 Å². The fourth-order valence-corrected chi connectivity index (χ4v) is 2.29. The van der Waals surface area contributed by atoms with Gasteiger partial charge in [0.2, 0.25) is 0 Å². The van der Waals surface area contributed by atoms with Crippen LogP contribution < -0.4 is 10.9 Å². The van der Waals surface area contributed by atoms with E-state index in [-0.39, 0.29) is 24.8 Å². The highest BCUT2D eigenvalue weighted by Gasteiger charge is 2.14. The van der Waals surface area contributed by atoms with Crippen molar-refractivity contribution in [3.05, 3.63) is 56.9 Å². The Morgan fingerprint density at radius 3 is 2.76 bits per heavy atom. The van der Waals surface area contributed by atoms with Gasteiger partial charge in [0.25, 0.3) is 5.56 Å². The number of nitrogens with zero attached hydrogens (tertiary/aromatic N) is 2. The normalized spacial score (nSPS) is 11.7. The Morgan fingerprint density at radius 1 is 1.43 bits per heavy atom. The highest BCUT2D eigenvalue weighted by atomic mass is 79.9. The van der Waals surface area contributed by atoms with Crippen LogP contribution in [0.2, 0.25) is 0 Å². The lowest BCUT2D eigenvalue weighted by Crippen LogP contribution is -2.25. The van der Waals surface area contributed by atoms with E-state index in [1.54, 1.807) is 0 Å². The van der Waals surface area contributed by atoms with Crippen LogP contribution in [0, 0.1) is 12.3 Å². The minimum absolute atomic E-state index is 0.107. The number of nitrogens with one attached hydrogen (secondary N) is 1. The largest absolute Gasteiger partial charge is 0.394 e. The molecule has 2 rings (SSSR count). The molecule has 0 radical (unpaired) electrons. The first kappa shape index (κ1) is 15.3. The van der Waals surface area contributed by atoms with Crippen molar-refractivity contribution in [2.45, 2.75) is 12.6 Å². The first-order valence-electron chi connectivity index (χ1n) is 6.28. The van der Waals surface area contributed by atoms with Crippen LogP contribution in [0.1, 0.15) is 11.6 Å². The molecule has 0 aliphatic heterocycles. The lowest BCUT2D eigenvalue weighted by atomic mass is 10.1. The average molecular weight is 348 g/mol. The van der Waals surface area contributed by atoms with Gasteiger partial charge in [-0.2, -0.15) is 5.10 Å². The molecule has 0 bridgehead atoms. The van der Waals surface area contributed by atoms with E-state index in [0.29, 0.717) is 10.2 Å². The van der Waals surface area contributed by atoms with Gasteiger partial charge in [0, 0.05) is 0 Å². The van der Waals surface area contributed by atoms with Gasteiger partial charge in [-0.15, -0.1) is 6.42 Å². The van der Waals surface area contributed by atoms with Gasteiger partial charge < -0.3 is 10.4 Å². The molecule has 108 valence electrons. The van der Waals surface area contributed by atoms with Gasteiger partial charge in [-0.25, -0.2) is 4.68 Å². The zero-order chi connectivity index (χ0) is 15.2. The second-order valence-electron chi connectivity index (χ2n) is 4.33. The summed E-state index contributed by atoms with van der Waals surface area (Å²) in [5.74, 6) is 2.37. The van der Waals surface area contributed by atoms with Crippen molar-refractivity contribution < 1.29 is 5.11 Å². The highest BCUT2D eigenvalue weighted by molar-refractivity contribution is 9.10. The molecule has 1 aromatic heterocycles. The molecule has 0 fully saturated rings. The van der Waals surface area contributed by atoms with Gasteiger partial charge in [0.15, 0.2) is 0 Å². The molecule has 0 saturated heterocycles. The maximum absolute atomic E-state index is 12.0. The molecule has 0 saturated carbocycles. The summed E-state index contributed by atoms with van der Waals surface area (Å²) in [7, 11) is 0. The Labute approximate surface area is 130 Å². The Kier molecular flexibility index (Phi) is 5.14. The molecule has 1 heterocycles. The van der Waals surface area contributed by atoms with Crippen LogP contribution in [0.4, 0.5) is 5.69 Å². The summed E-state index contributed by atoms with van der Waals surface area (Å²) in [5, 5.41) is 16.6. The van der Waals surface area contributed by atoms with Gasteiger partial charge >= 0.3 is 0 Å². The molecule has 6 heteroatoms. The topological polar surface area (TPSA) is 67.2 Å². The van der Waals surface area contributed by atoms with Crippen molar-refractivity contribution >= 4 is 21.6 Å². The predicted molar refractivity (Wildman–Crippen MR) is 84.9 cm³/mol. The number of rotatable bonds is 5. The summed E-state index contributed by atoms with van der Waals surface area (Å²) < 4.78 is 1.52. The van der Waals surface area contributed by atoms with Crippen LogP contribution in [0.5, 0.6) is 0 Å². The summed E-state index contributed by atoms with van der Waals surface area (Å²) in [6.45, 7) is 0.00369. The van der Waals surface area contributed by atoms with Crippen LogP contribution in [0.15, 0.2) is 45.8 Å². The first-order chi connectivity index (χ1) is 10.2. The quantitative estimate of drug-likeness (QED) is 0.809. The standard InChI is InChI=1S/C15H14BrN3O2/c1-2-8-19-15(21)14(16)12(9-17-19)18-13(10-20)11-6-4-3-5-7-11/h1,3-7,9,13,18,20H,8,10H2. The number of hydrogen-bond acceptors (Lipinski definition) is 4. The SMILES string of the molecule is C#CCn1ncc(NC(CO)c2ccccc2)c(Br)c1=O. The molecule has 21 heavy (non-hydrogen) atoms. The van der Waals surface area contributed by atoms with Crippen molar-refractivity contribution in [1.29, 1.82) is 0 Å². The van der Waals surface area contributed by atoms with Crippen LogP contribution >= 0.6 is 15.9 Å². The molecular formula is C15H14BrN3O2. The Hall–Kier alpha value is -2.10. The summed E-state index contributed by atoms with van der Waals surface area (Å²) in [6, 6.07) is 9.14. The Morgan fingerprint density at radius 2 is 2.14 bits per heavy atom. The number of halogens is 1. The lowest BCUT2D eigenvalue weighted by molar-refractivity contribution is 0.276. The third-order valence-electron chi connectivity index (χ3n) is 2.94. The van der Waals surface area contributed by atoms with E-state index in [0.717, 1.165) is 5.56 Å². The van der Waals surface area contributed by atoms with E-state index in [2.05, 4.69) is 32.3 Å². The minimum Gasteiger partial charge on any atom is -0.394 e.